The van der Waals surface area contributed by atoms with E-state index in [9.17, 15) is 4.79 Å². The first-order chi connectivity index (χ1) is 13.5. The first-order valence-electron chi connectivity index (χ1n) is 9.83. The van der Waals surface area contributed by atoms with Gasteiger partial charge in [-0.15, -0.1) is 0 Å². The number of hydrogen-bond acceptors (Lipinski definition) is 4. The molecule has 2 aromatic rings. The summed E-state index contributed by atoms with van der Waals surface area (Å²) in [4.78, 5) is 21.6. The first-order valence-corrected chi connectivity index (χ1v) is 9.83. The number of benzene rings is 1. The summed E-state index contributed by atoms with van der Waals surface area (Å²) in [6.45, 7) is 8.53. The molecule has 0 bridgehead atoms. The largest absolute Gasteiger partial charge is 0.496 e. The van der Waals surface area contributed by atoms with Gasteiger partial charge in [-0.2, -0.15) is 0 Å². The molecule has 1 aromatic heterocycles. The molecule has 1 amide bonds. The number of aromatic nitrogens is 1. The number of hydrogen-bond donors (Lipinski definition) is 0. The summed E-state index contributed by atoms with van der Waals surface area (Å²) in [5, 5.41) is 0. The van der Waals surface area contributed by atoms with Gasteiger partial charge in [0.25, 0.3) is 5.91 Å². The van der Waals surface area contributed by atoms with E-state index in [2.05, 4.69) is 41.9 Å². The van der Waals surface area contributed by atoms with Crippen molar-refractivity contribution in [2.45, 2.75) is 33.2 Å². The molecule has 28 heavy (non-hydrogen) atoms. The van der Waals surface area contributed by atoms with Gasteiger partial charge < -0.3 is 14.5 Å². The number of nitrogens with zero attached hydrogens (tertiary/aromatic N) is 3. The van der Waals surface area contributed by atoms with E-state index in [0.717, 1.165) is 37.5 Å². The predicted molar refractivity (Wildman–Crippen MR) is 110 cm³/mol. The number of ether oxygens (including phenoxy) is 1. The maximum atomic E-state index is 12.9. The molecule has 3 heterocycles. The summed E-state index contributed by atoms with van der Waals surface area (Å²) >= 11 is 0. The zero-order valence-electron chi connectivity index (χ0n) is 17.0. The van der Waals surface area contributed by atoms with Crippen LogP contribution in [-0.4, -0.2) is 53.5 Å². The third-order valence-corrected chi connectivity index (χ3v) is 6.05. The molecule has 0 spiro atoms. The van der Waals surface area contributed by atoms with Gasteiger partial charge in [-0.05, 0) is 62.6 Å². The number of carbonyl (C=O) groups excluding carboxylic acids is 1. The minimum Gasteiger partial charge on any atom is -0.496 e. The molecule has 1 aromatic carbocycles. The van der Waals surface area contributed by atoms with Gasteiger partial charge in [0.05, 0.1) is 18.7 Å². The first kappa shape index (κ1) is 18.5. The van der Waals surface area contributed by atoms with E-state index < -0.39 is 0 Å². The number of amides is 1. The SMILES string of the molecule is COc1ccc(C2=CCC3CN(C(=O)c4ccc(C)nc4)CCN23)c(C)c1C. The summed E-state index contributed by atoms with van der Waals surface area (Å²) in [7, 11) is 1.71. The molecule has 5 nitrogen and oxygen atoms in total. The van der Waals surface area contributed by atoms with Crippen LogP contribution in [0.2, 0.25) is 0 Å². The molecule has 0 radical (unpaired) electrons. The van der Waals surface area contributed by atoms with Crippen LogP contribution in [0.1, 0.15) is 39.2 Å². The zero-order valence-corrected chi connectivity index (χ0v) is 17.0. The lowest BCUT2D eigenvalue weighted by molar-refractivity contribution is 0.0618. The minimum absolute atomic E-state index is 0.0806. The lowest BCUT2D eigenvalue weighted by atomic mass is 9.99. The molecule has 5 heteroatoms. The maximum absolute atomic E-state index is 12.9. The second-order valence-corrected chi connectivity index (χ2v) is 7.68. The van der Waals surface area contributed by atoms with Crippen LogP contribution < -0.4 is 4.74 Å². The van der Waals surface area contributed by atoms with Crippen LogP contribution in [0.3, 0.4) is 0 Å². The van der Waals surface area contributed by atoms with E-state index >= 15 is 0 Å². The lowest BCUT2D eigenvalue weighted by Crippen LogP contribution is -2.52. The Kier molecular flexibility index (Phi) is 4.84. The number of methoxy groups -OCH3 is 1. The predicted octanol–water partition coefficient (Wildman–Crippen LogP) is 3.59. The normalized spacial score (nSPS) is 18.7. The Morgan fingerprint density at radius 2 is 1.93 bits per heavy atom. The number of aryl methyl sites for hydroxylation is 1. The van der Waals surface area contributed by atoms with Crippen LogP contribution in [0.4, 0.5) is 0 Å². The second-order valence-electron chi connectivity index (χ2n) is 7.68. The van der Waals surface area contributed by atoms with Gasteiger partial charge in [-0.25, -0.2) is 0 Å². The van der Waals surface area contributed by atoms with Gasteiger partial charge in [0.1, 0.15) is 5.75 Å². The summed E-state index contributed by atoms with van der Waals surface area (Å²) in [5.74, 6) is 1.01. The monoisotopic (exact) mass is 377 g/mol. The van der Waals surface area contributed by atoms with Crippen molar-refractivity contribution in [3.63, 3.8) is 0 Å². The Labute approximate surface area is 166 Å². The Hall–Kier alpha value is -2.82. The Morgan fingerprint density at radius 1 is 1.11 bits per heavy atom. The molecule has 2 aliphatic rings. The van der Waals surface area contributed by atoms with Gasteiger partial charge in [-0.3, -0.25) is 9.78 Å². The standard InChI is InChI=1S/C23H27N3O2/c1-15-5-6-18(13-24-15)23(27)25-11-12-26-19(14-25)7-9-21(26)20-8-10-22(28-4)17(3)16(20)2/h5-6,8-10,13,19H,7,11-12,14H2,1-4H3. The minimum atomic E-state index is 0.0806. The molecular weight excluding hydrogens is 350 g/mol. The Bertz CT molecular complexity index is 934. The molecule has 0 aliphatic carbocycles. The molecule has 1 fully saturated rings. The van der Waals surface area contributed by atoms with E-state index in [1.165, 1.54) is 22.4 Å². The van der Waals surface area contributed by atoms with Gasteiger partial charge in [0.2, 0.25) is 0 Å². The molecule has 146 valence electrons. The number of rotatable bonds is 3. The highest BCUT2D eigenvalue weighted by Gasteiger charge is 2.35. The van der Waals surface area contributed by atoms with Crippen molar-refractivity contribution < 1.29 is 9.53 Å². The fourth-order valence-corrected chi connectivity index (χ4v) is 4.26. The van der Waals surface area contributed by atoms with E-state index in [0.29, 0.717) is 11.6 Å². The van der Waals surface area contributed by atoms with Crippen molar-refractivity contribution in [3.8, 4) is 5.75 Å². The summed E-state index contributed by atoms with van der Waals surface area (Å²) in [6.07, 6.45) is 4.97. The molecule has 0 saturated carbocycles. The highest BCUT2D eigenvalue weighted by atomic mass is 16.5. The number of carbonyl (C=O) groups is 1. The fourth-order valence-electron chi connectivity index (χ4n) is 4.26. The van der Waals surface area contributed by atoms with Gasteiger partial charge in [-0.1, -0.05) is 6.08 Å². The van der Waals surface area contributed by atoms with Crippen molar-refractivity contribution in [3.05, 3.63) is 64.5 Å². The average Bonchev–Trinajstić information content (AvgIpc) is 3.13. The Balaban J connectivity index is 1.50. The van der Waals surface area contributed by atoms with E-state index in [-0.39, 0.29) is 5.91 Å². The number of fused-ring (bicyclic) bond motifs is 1. The van der Waals surface area contributed by atoms with Gasteiger partial charge in [0, 0.05) is 42.8 Å². The van der Waals surface area contributed by atoms with Crippen LogP contribution in [0.15, 0.2) is 36.5 Å². The van der Waals surface area contributed by atoms with Crippen LogP contribution >= 0.6 is 0 Å². The zero-order chi connectivity index (χ0) is 19.8. The lowest BCUT2D eigenvalue weighted by Gasteiger charge is -2.40. The molecular formula is C23H27N3O2. The smallest absolute Gasteiger partial charge is 0.255 e. The molecule has 1 atom stereocenters. The maximum Gasteiger partial charge on any atom is 0.255 e. The van der Waals surface area contributed by atoms with E-state index in [4.69, 9.17) is 4.74 Å². The van der Waals surface area contributed by atoms with Crippen LogP contribution in [0, 0.1) is 20.8 Å². The van der Waals surface area contributed by atoms with E-state index in [1.54, 1.807) is 13.3 Å². The molecule has 1 saturated heterocycles. The highest BCUT2D eigenvalue weighted by molar-refractivity contribution is 5.94. The summed E-state index contributed by atoms with van der Waals surface area (Å²) < 4.78 is 5.46. The van der Waals surface area contributed by atoms with Crippen molar-refractivity contribution in [1.82, 2.24) is 14.8 Å². The Morgan fingerprint density at radius 3 is 2.64 bits per heavy atom. The number of piperazine rings is 1. The van der Waals surface area contributed by atoms with Crippen molar-refractivity contribution >= 4 is 11.6 Å². The summed E-state index contributed by atoms with van der Waals surface area (Å²) in [6, 6.07) is 8.32. The third-order valence-electron chi connectivity index (χ3n) is 6.05. The van der Waals surface area contributed by atoms with Gasteiger partial charge >= 0.3 is 0 Å². The van der Waals surface area contributed by atoms with Crippen molar-refractivity contribution in [2.75, 3.05) is 26.7 Å². The van der Waals surface area contributed by atoms with Crippen LogP contribution in [-0.2, 0) is 0 Å². The molecule has 1 unspecified atom stereocenters. The highest BCUT2D eigenvalue weighted by Crippen LogP contribution is 2.36. The molecule has 0 N–H and O–H groups in total. The van der Waals surface area contributed by atoms with Crippen molar-refractivity contribution in [2.24, 2.45) is 0 Å². The van der Waals surface area contributed by atoms with Crippen LogP contribution in [0.25, 0.3) is 5.70 Å². The average molecular weight is 377 g/mol. The van der Waals surface area contributed by atoms with Gasteiger partial charge in [0.15, 0.2) is 0 Å². The fraction of sp³-hybridized carbons (Fsp3) is 0.391. The number of pyridine rings is 1. The van der Waals surface area contributed by atoms with E-state index in [1.807, 2.05) is 24.0 Å². The molecule has 4 rings (SSSR count). The second kappa shape index (κ2) is 7.30. The van der Waals surface area contributed by atoms with Crippen LogP contribution in [0.5, 0.6) is 5.75 Å². The quantitative estimate of drug-likeness (QED) is 0.820. The molecule has 2 aliphatic heterocycles. The third kappa shape index (κ3) is 3.15. The summed E-state index contributed by atoms with van der Waals surface area (Å²) in [5.41, 5.74) is 6.60. The topological polar surface area (TPSA) is 45.7 Å². The van der Waals surface area contributed by atoms with Crippen molar-refractivity contribution in [1.29, 1.82) is 0 Å².